The number of hydrogen-bond donors (Lipinski definition) is 1. The van der Waals surface area contributed by atoms with Crippen molar-refractivity contribution in [3.05, 3.63) is 53.6 Å². The molecule has 0 radical (unpaired) electrons. The molecule has 0 aliphatic rings. The van der Waals surface area contributed by atoms with E-state index in [0.29, 0.717) is 17.5 Å². The number of aromatic nitrogens is 2. The average Bonchev–Trinajstić information content (AvgIpc) is 2.88. The number of carboxylic acid groups (broad SMARTS) is 1. The number of imidazole rings is 1. The number of carboxylic acids is 1. The number of hydrogen-bond acceptors (Lipinski definition) is 4. The van der Waals surface area contributed by atoms with Crippen LogP contribution in [0.4, 0.5) is 0 Å². The molecule has 2 aromatic carbocycles. The maximum absolute atomic E-state index is 11.2. The molecule has 1 aromatic heterocycles. The molecule has 0 unspecified atom stereocenters. The Labute approximate surface area is 162 Å². The standard InChI is InChI=1S/C19H20N2O3S.ClH/c1-13-9-14(2)11-15(10-13)24-7-8-25-19-20-16-5-3-4-6-17(16)21(19)12-18(22)23;/h3-6,9-11H,7-8,12H2,1-2H3,(H,22,23);1H/p-1. The smallest absolute Gasteiger partial charge is 0.323 e. The molecule has 0 aliphatic carbocycles. The number of carbonyl (C=O) groups is 1. The summed E-state index contributed by atoms with van der Waals surface area (Å²) >= 11 is 1.51. The predicted octanol–water partition coefficient (Wildman–Crippen LogP) is 0.913. The average molecular weight is 392 g/mol. The molecule has 138 valence electrons. The third kappa shape index (κ3) is 4.93. The zero-order chi connectivity index (χ0) is 17.8. The Morgan fingerprint density at radius 3 is 2.58 bits per heavy atom. The van der Waals surface area contributed by atoms with Gasteiger partial charge in [0.1, 0.15) is 12.3 Å². The summed E-state index contributed by atoms with van der Waals surface area (Å²) in [4.78, 5) is 15.7. The van der Waals surface area contributed by atoms with Gasteiger partial charge in [-0.1, -0.05) is 30.0 Å². The van der Waals surface area contributed by atoms with Gasteiger partial charge in [0.2, 0.25) is 0 Å². The van der Waals surface area contributed by atoms with Crippen molar-refractivity contribution < 1.29 is 27.0 Å². The van der Waals surface area contributed by atoms with Gasteiger partial charge in [0.15, 0.2) is 5.16 Å². The van der Waals surface area contributed by atoms with E-state index in [-0.39, 0.29) is 19.0 Å². The van der Waals surface area contributed by atoms with Crippen molar-refractivity contribution in [3.63, 3.8) is 0 Å². The second-order valence-corrected chi connectivity index (χ2v) is 6.95. The van der Waals surface area contributed by atoms with E-state index in [1.807, 2.05) is 50.2 Å². The molecule has 3 aromatic rings. The van der Waals surface area contributed by atoms with Crippen LogP contribution in [0.1, 0.15) is 11.1 Å². The Hall–Kier alpha value is -2.18. The van der Waals surface area contributed by atoms with Gasteiger partial charge >= 0.3 is 5.97 Å². The lowest BCUT2D eigenvalue weighted by atomic mass is 10.1. The fourth-order valence-electron chi connectivity index (χ4n) is 2.76. The molecular weight excluding hydrogens is 372 g/mol. The second-order valence-electron chi connectivity index (χ2n) is 5.88. The van der Waals surface area contributed by atoms with E-state index in [9.17, 15) is 4.79 Å². The number of aryl methyl sites for hydroxylation is 2. The van der Waals surface area contributed by atoms with Crippen LogP contribution in [-0.2, 0) is 11.3 Å². The highest BCUT2D eigenvalue weighted by atomic mass is 35.5. The second kappa shape index (κ2) is 8.96. The Balaban J connectivity index is 0.00000243. The number of nitrogens with zero attached hydrogens (tertiary/aromatic N) is 2. The van der Waals surface area contributed by atoms with Gasteiger partial charge in [-0.25, -0.2) is 4.98 Å². The van der Waals surface area contributed by atoms with Crippen LogP contribution in [0.15, 0.2) is 47.6 Å². The summed E-state index contributed by atoms with van der Waals surface area (Å²) in [5, 5.41) is 9.86. The summed E-state index contributed by atoms with van der Waals surface area (Å²) < 4.78 is 7.55. The first kappa shape index (κ1) is 20.1. The molecule has 26 heavy (non-hydrogen) atoms. The van der Waals surface area contributed by atoms with Gasteiger partial charge in [-0.2, -0.15) is 0 Å². The topological polar surface area (TPSA) is 64.4 Å². The van der Waals surface area contributed by atoms with E-state index in [1.165, 1.54) is 22.9 Å². The summed E-state index contributed by atoms with van der Waals surface area (Å²) in [5.74, 6) is 0.671. The molecule has 1 N–H and O–H groups in total. The van der Waals surface area contributed by atoms with Crippen LogP contribution in [0, 0.1) is 13.8 Å². The molecule has 1 heterocycles. The first-order valence-corrected chi connectivity index (χ1v) is 9.02. The van der Waals surface area contributed by atoms with Gasteiger partial charge in [0.05, 0.1) is 17.6 Å². The van der Waals surface area contributed by atoms with Crippen LogP contribution >= 0.6 is 11.8 Å². The maximum Gasteiger partial charge on any atom is 0.323 e. The Morgan fingerprint density at radius 2 is 1.88 bits per heavy atom. The van der Waals surface area contributed by atoms with Crippen molar-refractivity contribution >= 4 is 28.8 Å². The Bertz CT molecular complexity index is 891. The fourth-order valence-corrected chi connectivity index (χ4v) is 3.59. The lowest BCUT2D eigenvalue weighted by Crippen LogP contribution is -3.00. The van der Waals surface area contributed by atoms with E-state index in [0.717, 1.165) is 16.8 Å². The molecule has 0 atom stereocenters. The van der Waals surface area contributed by atoms with Crippen LogP contribution in [0.3, 0.4) is 0 Å². The van der Waals surface area contributed by atoms with Gasteiger partial charge in [0.25, 0.3) is 0 Å². The van der Waals surface area contributed by atoms with Gasteiger partial charge in [0, 0.05) is 5.75 Å². The van der Waals surface area contributed by atoms with E-state index in [2.05, 4.69) is 11.1 Å². The maximum atomic E-state index is 11.2. The van der Waals surface area contributed by atoms with Crippen molar-refractivity contribution in [2.45, 2.75) is 25.5 Å². The number of para-hydroxylation sites is 2. The van der Waals surface area contributed by atoms with E-state index in [4.69, 9.17) is 9.84 Å². The predicted molar refractivity (Wildman–Crippen MR) is 99.5 cm³/mol. The molecule has 0 amide bonds. The zero-order valence-corrected chi connectivity index (χ0v) is 16.2. The van der Waals surface area contributed by atoms with Gasteiger partial charge in [-0.3, -0.25) is 4.79 Å². The van der Waals surface area contributed by atoms with Crippen molar-refractivity contribution in [3.8, 4) is 5.75 Å². The van der Waals surface area contributed by atoms with Crippen molar-refractivity contribution in [2.24, 2.45) is 0 Å². The summed E-state index contributed by atoms with van der Waals surface area (Å²) in [6.07, 6.45) is 0. The normalized spacial score (nSPS) is 10.5. The van der Waals surface area contributed by atoms with E-state index < -0.39 is 5.97 Å². The third-order valence-electron chi connectivity index (χ3n) is 3.69. The number of benzene rings is 2. The summed E-state index contributed by atoms with van der Waals surface area (Å²) in [6.45, 7) is 4.52. The molecule has 0 fully saturated rings. The highest BCUT2D eigenvalue weighted by Gasteiger charge is 2.13. The SMILES string of the molecule is Cc1cc(C)cc(OCCSc2nc3ccccc3n2CC(=O)O)c1.[Cl-]. The minimum absolute atomic E-state index is 0. The Morgan fingerprint density at radius 1 is 1.19 bits per heavy atom. The van der Waals surface area contributed by atoms with Crippen LogP contribution in [0.2, 0.25) is 0 Å². The van der Waals surface area contributed by atoms with Crippen molar-refractivity contribution in [1.82, 2.24) is 9.55 Å². The van der Waals surface area contributed by atoms with Crippen LogP contribution in [-0.4, -0.2) is 33.0 Å². The summed E-state index contributed by atoms with van der Waals surface area (Å²) in [5.41, 5.74) is 3.99. The molecule has 3 rings (SSSR count). The number of halogens is 1. The highest BCUT2D eigenvalue weighted by molar-refractivity contribution is 7.99. The van der Waals surface area contributed by atoms with Gasteiger partial charge in [-0.15, -0.1) is 0 Å². The van der Waals surface area contributed by atoms with Crippen molar-refractivity contribution in [2.75, 3.05) is 12.4 Å². The number of fused-ring (bicyclic) bond motifs is 1. The fraction of sp³-hybridized carbons (Fsp3) is 0.263. The number of thioether (sulfide) groups is 1. The lowest BCUT2D eigenvalue weighted by Gasteiger charge is -2.09. The Kier molecular flexibility index (Phi) is 6.94. The third-order valence-corrected chi connectivity index (χ3v) is 4.63. The van der Waals surface area contributed by atoms with Crippen LogP contribution in [0.25, 0.3) is 11.0 Å². The monoisotopic (exact) mass is 391 g/mol. The summed E-state index contributed by atoms with van der Waals surface area (Å²) in [7, 11) is 0. The first-order valence-electron chi connectivity index (χ1n) is 8.04. The zero-order valence-electron chi connectivity index (χ0n) is 14.6. The van der Waals surface area contributed by atoms with Gasteiger partial charge in [-0.05, 0) is 49.2 Å². The van der Waals surface area contributed by atoms with E-state index in [1.54, 1.807) is 4.57 Å². The minimum Gasteiger partial charge on any atom is -1.00 e. The molecule has 0 bridgehead atoms. The molecule has 0 saturated carbocycles. The molecular formula is C19H20ClN2O3S-. The molecule has 0 aliphatic heterocycles. The molecule has 7 heteroatoms. The number of aliphatic carboxylic acids is 1. The largest absolute Gasteiger partial charge is 1.00 e. The molecule has 0 spiro atoms. The van der Waals surface area contributed by atoms with E-state index >= 15 is 0 Å². The number of rotatable bonds is 7. The quantitative estimate of drug-likeness (QED) is 0.479. The minimum atomic E-state index is -0.878. The van der Waals surface area contributed by atoms with Crippen LogP contribution < -0.4 is 17.1 Å². The van der Waals surface area contributed by atoms with Crippen molar-refractivity contribution in [1.29, 1.82) is 0 Å². The summed E-state index contributed by atoms with van der Waals surface area (Å²) in [6, 6.07) is 13.7. The number of ether oxygens (including phenoxy) is 1. The lowest BCUT2D eigenvalue weighted by molar-refractivity contribution is -0.137. The molecule has 0 saturated heterocycles. The molecule has 5 nitrogen and oxygen atoms in total. The first-order chi connectivity index (χ1) is 12.0. The highest BCUT2D eigenvalue weighted by Crippen LogP contribution is 2.24. The van der Waals surface area contributed by atoms with Gasteiger partial charge < -0.3 is 26.8 Å². The van der Waals surface area contributed by atoms with Crippen LogP contribution in [0.5, 0.6) is 5.75 Å².